The van der Waals surface area contributed by atoms with Crippen molar-refractivity contribution in [1.29, 1.82) is 0 Å². The van der Waals surface area contributed by atoms with Crippen LogP contribution in [0, 0.1) is 5.82 Å². The van der Waals surface area contributed by atoms with Gasteiger partial charge in [0.2, 0.25) is 5.91 Å². The zero-order valence-corrected chi connectivity index (χ0v) is 11.8. The van der Waals surface area contributed by atoms with Crippen LogP contribution in [-0.4, -0.2) is 24.4 Å². The largest absolute Gasteiger partial charge is 0.354 e. The lowest BCUT2D eigenvalue weighted by Crippen LogP contribution is -2.45. The van der Waals surface area contributed by atoms with E-state index < -0.39 is 17.8 Å². The number of rotatable bonds is 2. The Morgan fingerprint density at radius 1 is 1.37 bits per heavy atom. The van der Waals surface area contributed by atoms with Gasteiger partial charge in [-0.3, -0.25) is 9.59 Å². The predicted octanol–water partition coefficient (Wildman–Crippen LogP) is 1.99. The molecule has 6 heteroatoms. The highest BCUT2D eigenvalue weighted by Gasteiger charge is 2.23. The first-order valence-electron chi connectivity index (χ1n) is 6.11. The van der Waals surface area contributed by atoms with Crippen LogP contribution >= 0.6 is 15.9 Å². The molecule has 0 saturated carbocycles. The fourth-order valence-electron chi connectivity index (χ4n) is 2.00. The number of nitrogens with one attached hydrogen (secondary N) is 2. The molecule has 102 valence electrons. The van der Waals surface area contributed by atoms with Crippen molar-refractivity contribution < 1.29 is 14.0 Å². The maximum atomic E-state index is 13.2. The van der Waals surface area contributed by atoms with Crippen molar-refractivity contribution in [3.63, 3.8) is 0 Å². The Kier molecular flexibility index (Phi) is 4.52. The summed E-state index contributed by atoms with van der Waals surface area (Å²) in [5.41, 5.74) is 0.198. The highest BCUT2D eigenvalue weighted by molar-refractivity contribution is 9.10. The van der Waals surface area contributed by atoms with E-state index in [4.69, 9.17) is 0 Å². The Bertz CT molecular complexity index is 487. The topological polar surface area (TPSA) is 58.2 Å². The van der Waals surface area contributed by atoms with Gasteiger partial charge in [-0.25, -0.2) is 4.39 Å². The van der Waals surface area contributed by atoms with Crippen LogP contribution in [0.15, 0.2) is 22.7 Å². The Hall–Kier alpha value is -1.43. The minimum Gasteiger partial charge on any atom is -0.354 e. The van der Waals surface area contributed by atoms with Gasteiger partial charge in [-0.15, -0.1) is 0 Å². The summed E-state index contributed by atoms with van der Waals surface area (Å²) in [4.78, 5) is 23.7. The molecule has 0 bridgehead atoms. The molecule has 1 fully saturated rings. The van der Waals surface area contributed by atoms with Crippen molar-refractivity contribution in [2.24, 2.45) is 0 Å². The zero-order chi connectivity index (χ0) is 13.8. The summed E-state index contributed by atoms with van der Waals surface area (Å²) < 4.78 is 13.7. The average Bonchev–Trinajstić information content (AvgIpc) is 2.54. The molecule has 1 saturated heterocycles. The second-order valence-corrected chi connectivity index (χ2v) is 5.39. The summed E-state index contributed by atoms with van der Waals surface area (Å²) in [6.07, 6.45) is 2.38. The third kappa shape index (κ3) is 3.76. The number of carbonyl (C=O) groups is 2. The Morgan fingerprint density at radius 2 is 2.16 bits per heavy atom. The third-order valence-electron chi connectivity index (χ3n) is 2.97. The lowest BCUT2D eigenvalue weighted by atomic mass is 10.1. The van der Waals surface area contributed by atoms with E-state index in [1.165, 1.54) is 12.1 Å². The number of hydrogen-bond donors (Lipinski definition) is 2. The van der Waals surface area contributed by atoms with E-state index in [0.29, 0.717) is 17.4 Å². The molecule has 2 amide bonds. The number of benzene rings is 1. The van der Waals surface area contributed by atoms with Gasteiger partial charge in [0.05, 0.1) is 0 Å². The highest BCUT2D eigenvalue weighted by Crippen LogP contribution is 2.15. The van der Waals surface area contributed by atoms with Crippen molar-refractivity contribution in [1.82, 2.24) is 10.6 Å². The van der Waals surface area contributed by atoms with Gasteiger partial charge in [0, 0.05) is 16.6 Å². The molecule has 0 aliphatic carbocycles. The molecule has 0 unspecified atom stereocenters. The standard InChI is InChI=1S/C13H14BrFN2O2/c14-9-5-8(6-10(15)7-9)12(18)17-11-3-1-2-4-16-13(11)19/h5-7,11H,1-4H2,(H,16,19)(H,17,18)/t11-/m0/s1. The average molecular weight is 329 g/mol. The molecule has 2 N–H and O–H groups in total. The van der Waals surface area contributed by atoms with E-state index in [1.54, 1.807) is 0 Å². The summed E-state index contributed by atoms with van der Waals surface area (Å²) in [6.45, 7) is 0.636. The molecule has 1 atom stereocenters. The SMILES string of the molecule is O=C(N[C@H]1CCCCNC1=O)c1cc(F)cc(Br)c1. The molecule has 0 radical (unpaired) electrons. The van der Waals surface area contributed by atoms with Gasteiger partial charge in [0.1, 0.15) is 11.9 Å². The van der Waals surface area contributed by atoms with E-state index in [2.05, 4.69) is 26.6 Å². The third-order valence-corrected chi connectivity index (χ3v) is 3.42. The number of halogens is 2. The van der Waals surface area contributed by atoms with Crippen LogP contribution in [-0.2, 0) is 4.79 Å². The van der Waals surface area contributed by atoms with E-state index in [9.17, 15) is 14.0 Å². The number of carbonyl (C=O) groups excluding carboxylic acids is 2. The maximum absolute atomic E-state index is 13.2. The minimum atomic E-state index is -0.544. The Labute approximate surface area is 118 Å². The Balaban J connectivity index is 2.09. The molecule has 1 aliphatic heterocycles. The smallest absolute Gasteiger partial charge is 0.252 e. The van der Waals surface area contributed by atoms with Crippen molar-refractivity contribution in [3.05, 3.63) is 34.1 Å². The van der Waals surface area contributed by atoms with E-state index in [0.717, 1.165) is 18.9 Å². The number of amides is 2. The van der Waals surface area contributed by atoms with Crippen molar-refractivity contribution >= 4 is 27.7 Å². The molecular weight excluding hydrogens is 315 g/mol. The molecule has 0 spiro atoms. The van der Waals surface area contributed by atoms with Crippen molar-refractivity contribution in [2.45, 2.75) is 25.3 Å². The van der Waals surface area contributed by atoms with Crippen molar-refractivity contribution in [3.8, 4) is 0 Å². The van der Waals surface area contributed by atoms with Crippen molar-refractivity contribution in [2.75, 3.05) is 6.54 Å². The van der Waals surface area contributed by atoms with Gasteiger partial charge >= 0.3 is 0 Å². The second-order valence-electron chi connectivity index (χ2n) is 4.47. The second kappa shape index (κ2) is 6.14. The van der Waals surface area contributed by atoms with Crippen LogP contribution in [0.2, 0.25) is 0 Å². The molecular formula is C13H14BrFN2O2. The van der Waals surface area contributed by atoms with Crippen LogP contribution in [0.25, 0.3) is 0 Å². The van der Waals surface area contributed by atoms with Crippen LogP contribution in [0.4, 0.5) is 4.39 Å². The monoisotopic (exact) mass is 328 g/mol. The maximum Gasteiger partial charge on any atom is 0.252 e. The van der Waals surface area contributed by atoms with E-state index in [-0.39, 0.29) is 11.5 Å². The van der Waals surface area contributed by atoms with Crippen LogP contribution in [0.3, 0.4) is 0 Å². The lowest BCUT2D eigenvalue weighted by molar-refractivity contribution is -0.122. The molecule has 2 rings (SSSR count). The van der Waals surface area contributed by atoms with Gasteiger partial charge in [-0.05, 0) is 37.5 Å². The van der Waals surface area contributed by atoms with Crippen LogP contribution in [0.5, 0.6) is 0 Å². The molecule has 19 heavy (non-hydrogen) atoms. The molecule has 1 aromatic carbocycles. The molecule has 0 aromatic heterocycles. The first-order chi connectivity index (χ1) is 9.06. The fourth-order valence-corrected chi connectivity index (χ4v) is 2.47. The summed E-state index contributed by atoms with van der Waals surface area (Å²) in [5, 5.41) is 5.38. The molecule has 1 aliphatic rings. The summed E-state index contributed by atoms with van der Waals surface area (Å²) in [6, 6.07) is 3.40. The van der Waals surface area contributed by atoms with Gasteiger partial charge in [0.15, 0.2) is 0 Å². The summed E-state index contributed by atoms with van der Waals surface area (Å²) in [5.74, 6) is -1.12. The first kappa shape index (κ1) is 14.0. The number of hydrogen-bond acceptors (Lipinski definition) is 2. The zero-order valence-electron chi connectivity index (χ0n) is 10.2. The predicted molar refractivity (Wildman–Crippen MR) is 72.2 cm³/mol. The van der Waals surface area contributed by atoms with Gasteiger partial charge in [-0.1, -0.05) is 15.9 Å². The lowest BCUT2D eigenvalue weighted by Gasteiger charge is -2.15. The Morgan fingerprint density at radius 3 is 2.89 bits per heavy atom. The first-order valence-corrected chi connectivity index (χ1v) is 6.90. The fraction of sp³-hybridized carbons (Fsp3) is 0.385. The van der Waals surface area contributed by atoms with Gasteiger partial charge in [0.25, 0.3) is 5.91 Å². The molecule has 1 heterocycles. The van der Waals surface area contributed by atoms with E-state index in [1.807, 2.05) is 0 Å². The highest BCUT2D eigenvalue weighted by atomic mass is 79.9. The quantitative estimate of drug-likeness (QED) is 0.872. The molecule has 1 aromatic rings. The van der Waals surface area contributed by atoms with Gasteiger partial charge < -0.3 is 10.6 Å². The summed E-state index contributed by atoms with van der Waals surface area (Å²) in [7, 11) is 0. The molecule has 4 nitrogen and oxygen atoms in total. The van der Waals surface area contributed by atoms with Crippen LogP contribution < -0.4 is 10.6 Å². The van der Waals surface area contributed by atoms with E-state index >= 15 is 0 Å². The summed E-state index contributed by atoms with van der Waals surface area (Å²) >= 11 is 3.13. The van der Waals surface area contributed by atoms with Crippen LogP contribution in [0.1, 0.15) is 29.6 Å². The normalized spacial score (nSPS) is 19.5. The van der Waals surface area contributed by atoms with Gasteiger partial charge in [-0.2, -0.15) is 0 Å². The minimum absolute atomic E-state index is 0.179.